The molecule has 18 heavy (non-hydrogen) atoms. The van der Waals surface area contributed by atoms with E-state index < -0.39 is 0 Å². The van der Waals surface area contributed by atoms with Crippen molar-refractivity contribution in [1.82, 2.24) is 10.4 Å². The number of nitrogens with zero attached hydrogens (tertiary/aromatic N) is 1. The molecule has 1 heterocycles. The molecule has 0 saturated heterocycles. The molecule has 0 radical (unpaired) electrons. The average Bonchev–Trinajstić information content (AvgIpc) is 2.96. The van der Waals surface area contributed by atoms with E-state index in [0.717, 1.165) is 23.1 Å². The number of aryl methyl sites for hydroxylation is 2. The van der Waals surface area contributed by atoms with Crippen molar-refractivity contribution in [1.29, 1.82) is 0 Å². The number of rotatable bonds is 6. The van der Waals surface area contributed by atoms with Gasteiger partial charge in [-0.2, -0.15) is 11.8 Å². The molecule has 0 spiro atoms. The van der Waals surface area contributed by atoms with Crippen LogP contribution in [0.5, 0.6) is 0 Å². The van der Waals surface area contributed by atoms with E-state index in [9.17, 15) is 0 Å². The highest BCUT2D eigenvalue weighted by Gasteiger charge is 2.18. The monoisotopic (exact) mass is 285 g/mol. The smallest absolute Gasteiger partial charge is 0.0947 e. The number of thioether (sulfide) groups is 1. The maximum absolute atomic E-state index is 5.66. The summed E-state index contributed by atoms with van der Waals surface area (Å²) in [5, 5.41) is 2.07. The lowest BCUT2D eigenvalue weighted by Crippen LogP contribution is -2.39. The molecule has 1 aromatic rings. The molecule has 0 amide bonds. The Morgan fingerprint density at radius 2 is 2.17 bits per heavy atom. The fraction of sp³-hybridized carbons (Fsp3) is 0.769. The molecule has 0 bridgehead atoms. The minimum atomic E-state index is 0.348. The third-order valence-corrected chi connectivity index (χ3v) is 6.20. The zero-order valence-corrected chi connectivity index (χ0v) is 12.9. The predicted octanol–water partition coefficient (Wildman–Crippen LogP) is 2.81. The van der Waals surface area contributed by atoms with Crippen molar-refractivity contribution in [2.45, 2.75) is 57.2 Å². The van der Waals surface area contributed by atoms with Gasteiger partial charge in [0.25, 0.3) is 0 Å². The largest absolute Gasteiger partial charge is 0.271 e. The van der Waals surface area contributed by atoms with Crippen LogP contribution in [0.3, 0.4) is 0 Å². The Balaban J connectivity index is 1.80. The first-order valence-electron chi connectivity index (χ1n) is 6.69. The molecule has 0 aliphatic heterocycles. The highest BCUT2D eigenvalue weighted by Crippen LogP contribution is 2.30. The number of hydrazine groups is 1. The Morgan fingerprint density at radius 1 is 1.44 bits per heavy atom. The summed E-state index contributed by atoms with van der Waals surface area (Å²) >= 11 is 3.88. The predicted molar refractivity (Wildman–Crippen MR) is 81.1 cm³/mol. The molecule has 102 valence electrons. The molecule has 1 aliphatic rings. The molecule has 0 aromatic carbocycles. The lowest BCUT2D eigenvalue weighted by atomic mass is 10.2. The molecule has 3 nitrogen and oxygen atoms in total. The van der Waals surface area contributed by atoms with Crippen LogP contribution in [0, 0.1) is 13.8 Å². The summed E-state index contributed by atoms with van der Waals surface area (Å²) in [5.74, 6) is 6.76. The van der Waals surface area contributed by atoms with Gasteiger partial charge in [0.15, 0.2) is 0 Å². The Hall–Kier alpha value is -0.100. The van der Waals surface area contributed by atoms with Crippen LogP contribution in [0.25, 0.3) is 0 Å². The van der Waals surface area contributed by atoms with Gasteiger partial charge in [-0.15, -0.1) is 11.3 Å². The number of hydrogen-bond acceptors (Lipinski definition) is 5. The molecule has 1 atom stereocenters. The van der Waals surface area contributed by atoms with Crippen LogP contribution in [0.15, 0.2) is 0 Å². The summed E-state index contributed by atoms with van der Waals surface area (Å²) in [6.45, 7) is 4.21. The molecule has 3 N–H and O–H groups in total. The number of hydrogen-bond donors (Lipinski definition) is 2. The van der Waals surface area contributed by atoms with Crippen molar-refractivity contribution in [3.63, 3.8) is 0 Å². The van der Waals surface area contributed by atoms with Crippen LogP contribution in [0.4, 0.5) is 0 Å². The van der Waals surface area contributed by atoms with E-state index in [1.165, 1.54) is 35.6 Å². The normalized spacial score (nSPS) is 18.4. The topological polar surface area (TPSA) is 50.9 Å². The van der Waals surface area contributed by atoms with Gasteiger partial charge in [-0.25, -0.2) is 4.98 Å². The van der Waals surface area contributed by atoms with Crippen LogP contribution in [-0.4, -0.2) is 22.0 Å². The van der Waals surface area contributed by atoms with E-state index in [0.29, 0.717) is 6.04 Å². The maximum Gasteiger partial charge on any atom is 0.0947 e. The van der Waals surface area contributed by atoms with Gasteiger partial charge in [0.05, 0.1) is 10.7 Å². The molecule has 1 aliphatic carbocycles. The molecular formula is C13H23N3S2. The summed E-state index contributed by atoms with van der Waals surface area (Å²) < 4.78 is 0. The fourth-order valence-corrected chi connectivity index (χ4v) is 4.71. The zero-order valence-electron chi connectivity index (χ0n) is 11.2. The lowest BCUT2D eigenvalue weighted by molar-refractivity contribution is 0.573. The summed E-state index contributed by atoms with van der Waals surface area (Å²) in [6, 6.07) is 0.348. The first-order chi connectivity index (χ1) is 8.69. The minimum absolute atomic E-state index is 0.348. The first-order valence-corrected chi connectivity index (χ1v) is 8.56. The second-order valence-corrected chi connectivity index (χ2v) is 7.68. The van der Waals surface area contributed by atoms with E-state index in [2.05, 4.69) is 36.0 Å². The third kappa shape index (κ3) is 3.95. The standard InChI is InChI=1S/C13H23N3S2/c1-9-10(2)18-13(15-9)7-11(16-14)8-17-12-5-3-4-6-12/h11-12,16H,3-8,14H2,1-2H3. The van der Waals surface area contributed by atoms with Crippen molar-refractivity contribution < 1.29 is 0 Å². The highest BCUT2D eigenvalue weighted by atomic mass is 32.2. The average molecular weight is 285 g/mol. The Labute approximate surface area is 118 Å². The van der Waals surface area contributed by atoms with E-state index >= 15 is 0 Å². The van der Waals surface area contributed by atoms with Crippen molar-refractivity contribution >= 4 is 23.1 Å². The van der Waals surface area contributed by atoms with Gasteiger partial charge in [-0.05, 0) is 26.7 Å². The van der Waals surface area contributed by atoms with Gasteiger partial charge in [0.1, 0.15) is 0 Å². The number of thiazole rings is 1. The number of aromatic nitrogens is 1. The zero-order chi connectivity index (χ0) is 13.0. The highest BCUT2D eigenvalue weighted by molar-refractivity contribution is 7.99. The van der Waals surface area contributed by atoms with Crippen LogP contribution in [0.1, 0.15) is 41.3 Å². The molecule has 1 unspecified atom stereocenters. The second kappa shape index (κ2) is 6.89. The van der Waals surface area contributed by atoms with Crippen molar-refractivity contribution in [2.24, 2.45) is 5.84 Å². The molecule has 1 saturated carbocycles. The summed E-state index contributed by atoms with van der Waals surface area (Å²) in [4.78, 5) is 5.91. The molecule has 5 heteroatoms. The van der Waals surface area contributed by atoms with E-state index in [-0.39, 0.29) is 0 Å². The lowest BCUT2D eigenvalue weighted by Gasteiger charge is -2.16. The van der Waals surface area contributed by atoms with Crippen molar-refractivity contribution in [3.8, 4) is 0 Å². The first kappa shape index (κ1) is 14.3. The van der Waals surface area contributed by atoms with Gasteiger partial charge in [-0.3, -0.25) is 11.3 Å². The van der Waals surface area contributed by atoms with Crippen LogP contribution in [0.2, 0.25) is 0 Å². The van der Waals surface area contributed by atoms with Gasteiger partial charge < -0.3 is 0 Å². The minimum Gasteiger partial charge on any atom is -0.271 e. The quantitative estimate of drug-likeness (QED) is 0.623. The molecular weight excluding hydrogens is 262 g/mol. The maximum atomic E-state index is 5.66. The van der Waals surface area contributed by atoms with E-state index in [1.807, 2.05) is 0 Å². The summed E-state index contributed by atoms with van der Waals surface area (Å²) in [5.41, 5.74) is 4.11. The number of nitrogens with two attached hydrogens (primary N) is 1. The van der Waals surface area contributed by atoms with Gasteiger partial charge >= 0.3 is 0 Å². The second-order valence-electron chi connectivity index (χ2n) is 5.06. The van der Waals surface area contributed by atoms with Gasteiger partial charge in [-0.1, -0.05) is 12.8 Å². The molecule has 1 aromatic heterocycles. The summed E-state index contributed by atoms with van der Waals surface area (Å²) in [7, 11) is 0. The van der Waals surface area contributed by atoms with E-state index in [4.69, 9.17) is 5.84 Å². The van der Waals surface area contributed by atoms with Crippen LogP contribution in [-0.2, 0) is 6.42 Å². The number of nitrogens with one attached hydrogen (secondary N) is 1. The van der Waals surface area contributed by atoms with Crippen LogP contribution < -0.4 is 11.3 Å². The third-order valence-electron chi connectivity index (χ3n) is 3.56. The van der Waals surface area contributed by atoms with E-state index in [1.54, 1.807) is 11.3 Å². The summed E-state index contributed by atoms with van der Waals surface area (Å²) in [6.07, 6.45) is 6.54. The Bertz CT molecular complexity index is 353. The molecule has 1 fully saturated rings. The van der Waals surface area contributed by atoms with Gasteiger partial charge in [0.2, 0.25) is 0 Å². The fourth-order valence-electron chi connectivity index (χ4n) is 2.31. The molecule has 2 rings (SSSR count). The van der Waals surface area contributed by atoms with Crippen LogP contribution >= 0.6 is 23.1 Å². The Morgan fingerprint density at radius 3 is 2.72 bits per heavy atom. The van der Waals surface area contributed by atoms with Crippen molar-refractivity contribution in [2.75, 3.05) is 5.75 Å². The van der Waals surface area contributed by atoms with Crippen molar-refractivity contribution in [3.05, 3.63) is 15.6 Å². The van der Waals surface area contributed by atoms with Gasteiger partial charge in [0, 0.05) is 28.3 Å². The SMILES string of the molecule is Cc1nc(CC(CSC2CCCC2)NN)sc1C. The Kier molecular flexibility index (Phi) is 5.48.